The highest BCUT2D eigenvalue weighted by molar-refractivity contribution is 7.98. The van der Waals surface area contributed by atoms with E-state index in [-0.39, 0.29) is 5.91 Å². The number of unbranched alkanes of at least 4 members (excludes halogenated alkanes) is 1. The molecule has 0 aliphatic rings. The Hall–Kier alpha value is -2.05. The molecule has 4 nitrogen and oxygen atoms in total. The van der Waals surface area contributed by atoms with Gasteiger partial charge in [-0.15, -0.1) is 0 Å². The third kappa shape index (κ3) is 5.06. The predicted octanol–water partition coefficient (Wildman–Crippen LogP) is 5.29. The number of hydrogen-bond acceptors (Lipinski definition) is 4. The molecule has 6 heteroatoms. The number of amides is 1. The van der Waals surface area contributed by atoms with Crippen molar-refractivity contribution >= 4 is 39.2 Å². The fraction of sp³-hybridized carbons (Fsp3) is 0.364. The van der Waals surface area contributed by atoms with E-state index in [0.717, 1.165) is 45.9 Å². The minimum atomic E-state index is -0.234. The molecule has 0 aliphatic heterocycles. The van der Waals surface area contributed by atoms with Crippen LogP contribution in [0.5, 0.6) is 5.75 Å². The molecule has 0 fully saturated rings. The molecular weight excluding hydrogens is 388 g/mol. The van der Waals surface area contributed by atoms with Crippen molar-refractivity contribution in [2.24, 2.45) is 4.99 Å². The zero-order chi connectivity index (χ0) is 19.9. The van der Waals surface area contributed by atoms with Crippen LogP contribution in [0.1, 0.15) is 35.7 Å². The largest absolute Gasteiger partial charge is 0.494 e. The normalized spacial score (nSPS) is 11.9. The molecular formula is C22H26N2O2S2. The summed E-state index contributed by atoms with van der Waals surface area (Å²) in [5, 5.41) is 0. The van der Waals surface area contributed by atoms with E-state index in [2.05, 4.69) is 47.9 Å². The highest BCUT2D eigenvalue weighted by Gasteiger charge is 2.10. The van der Waals surface area contributed by atoms with Gasteiger partial charge in [-0.25, -0.2) is 0 Å². The van der Waals surface area contributed by atoms with E-state index in [4.69, 9.17) is 4.74 Å². The van der Waals surface area contributed by atoms with Crippen molar-refractivity contribution in [3.05, 3.63) is 58.4 Å². The van der Waals surface area contributed by atoms with Gasteiger partial charge in [0.1, 0.15) is 5.75 Å². The molecule has 0 aliphatic carbocycles. The Morgan fingerprint density at radius 2 is 2.11 bits per heavy atom. The molecule has 1 aromatic heterocycles. The fourth-order valence-corrected chi connectivity index (χ4v) is 4.39. The molecule has 1 heterocycles. The summed E-state index contributed by atoms with van der Waals surface area (Å²) in [6, 6.07) is 13.7. The van der Waals surface area contributed by atoms with Gasteiger partial charge < -0.3 is 9.30 Å². The van der Waals surface area contributed by atoms with Gasteiger partial charge in [-0.1, -0.05) is 36.8 Å². The number of benzene rings is 2. The molecule has 3 aromatic rings. The monoisotopic (exact) mass is 414 g/mol. The smallest absolute Gasteiger partial charge is 0.279 e. The summed E-state index contributed by atoms with van der Waals surface area (Å²) in [7, 11) is 0. The molecule has 0 saturated carbocycles. The second-order valence-electron chi connectivity index (χ2n) is 6.65. The van der Waals surface area contributed by atoms with Gasteiger partial charge in [-0.3, -0.25) is 4.79 Å². The topological polar surface area (TPSA) is 43.6 Å². The standard InChI is InChI=1S/C22H26N2O2S2/c1-4-5-12-26-18-8-6-7-17(15-18)21(25)23-22-24(11-13-27-3)19-10-9-16(2)14-20(19)28-22/h6-10,14-15H,4-5,11-13H2,1-3H3. The second-order valence-corrected chi connectivity index (χ2v) is 8.64. The zero-order valence-electron chi connectivity index (χ0n) is 16.6. The van der Waals surface area contributed by atoms with Gasteiger partial charge >= 0.3 is 0 Å². The summed E-state index contributed by atoms with van der Waals surface area (Å²) in [5.74, 6) is 1.46. The van der Waals surface area contributed by atoms with Crippen molar-refractivity contribution in [2.45, 2.75) is 33.2 Å². The van der Waals surface area contributed by atoms with E-state index < -0.39 is 0 Å². The lowest BCUT2D eigenvalue weighted by atomic mass is 10.2. The number of fused-ring (bicyclic) bond motifs is 1. The van der Waals surface area contributed by atoms with Crippen molar-refractivity contribution < 1.29 is 9.53 Å². The number of rotatable bonds is 8. The number of thioether (sulfide) groups is 1. The van der Waals surface area contributed by atoms with E-state index in [1.165, 1.54) is 5.56 Å². The Balaban J connectivity index is 1.94. The number of carbonyl (C=O) groups is 1. The Bertz CT molecular complexity index is 1020. The van der Waals surface area contributed by atoms with E-state index in [1.54, 1.807) is 35.2 Å². The molecule has 1 amide bonds. The summed E-state index contributed by atoms with van der Waals surface area (Å²) in [6.45, 7) is 5.70. The number of thiazole rings is 1. The predicted molar refractivity (Wildman–Crippen MR) is 120 cm³/mol. The third-order valence-corrected chi connectivity index (χ3v) is 6.03. The Morgan fingerprint density at radius 1 is 1.25 bits per heavy atom. The number of ether oxygens (including phenoxy) is 1. The molecule has 0 saturated heterocycles. The summed E-state index contributed by atoms with van der Waals surface area (Å²) < 4.78 is 9.03. The summed E-state index contributed by atoms with van der Waals surface area (Å²) in [6.07, 6.45) is 4.17. The molecule has 0 atom stereocenters. The van der Waals surface area contributed by atoms with Crippen LogP contribution in [0.15, 0.2) is 47.5 Å². The van der Waals surface area contributed by atoms with E-state index in [1.807, 2.05) is 12.1 Å². The quantitative estimate of drug-likeness (QED) is 0.470. The average Bonchev–Trinajstić information content (AvgIpc) is 3.02. The lowest BCUT2D eigenvalue weighted by Crippen LogP contribution is -2.18. The maximum atomic E-state index is 12.8. The average molecular weight is 415 g/mol. The first kappa shape index (κ1) is 20.7. The van der Waals surface area contributed by atoms with Crippen LogP contribution in [0.3, 0.4) is 0 Å². The van der Waals surface area contributed by atoms with E-state index in [0.29, 0.717) is 12.2 Å². The van der Waals surface area contributed by atoms with Crippen molar-refractivity contribution in [2.75, 3.05) is 18.6 Å². The minimum Gasteiger partial charge on any atom is -0.494 e. The summed E-state index contributed by atoms with van der Waals surface area (Å²) >= 11 is 3.36. The lowest BCUT2D eigenvalue weighted by Gasteiger charge is -2.06. The minimum absolute atomic E-state index is 0.234. The van der Waals surface area contributed by atoms with Gasteiger partial charge in [0.15, 0.2) is 4.80 Å². The van der Waals surface area contributed by atoms with Crippen LogP contribution in [-0.2, 0) is 6.54 Å². The van der Waals surface area contributed by atoms with Crippen molar-refractivity contribution in [1.29, 1.82) is 0 Å². The molecule has 0 unspecified atom stereocenters. The summed E-state index contributed by atoms with van der Waals surface area (Å²) in [5.41, 5.74) is 2.90. The first-order valence-corrected chi connectivity index (χ1v) is 11.7. The van der Waals surface area contributed by atoms with Gasteiger partial charge in [0.2, 0.25) is 0 Å². The zero-order valence-corrected chi connectivity index (χ0v) is 18.2. The molecule has 0 N–H and O–H groups in total. The van der Waals surface area contributed by atoms with Crippen LogP contribution in [0, 0.1) is 6.92 Å². The Labute approximate surface area is 174 Å². The van der Waals surface area contributed by atoms with Crippen LogP contribution in [0.2, 0.25) is 0 Å². The third-order valence-electron chi connectivity index (χ3n) is 4.40. The van der Waals surface area contributed by atoms with Crippen molar-refractivity contribution in [3.63, 3.8) is 0 Å². The SMILES string of the molecule is CCCCOc1cccc(C(=O)N=c2sc3cc(C)ccc3n2CCSC)c1. The highest BCUT2D eigenvalue weighted by Crippen LogP contribution is 2.20. The first-order chi connectivity index (χ1) is 13.6. The Morgan fingerprint density at radius 3 is 2.89 bits per heavy atom. The van der Waals surface area contributed by atoms with Crippen LogP contribution in [0.25, 0.3) is 10.2 Å². The lowest BCUT2D eigenvalue weighted by molar-refractivity contribution is 0.0997. The number of hydrogen-bond donors (Lipinski definition) is 0. The van der Waals surface area contributed by atoms with Crippen LogP contribution in [0.4, 0.5) is 0 Å². The van der Waals surface area contributed by atoms with Gasteiger partial charge in [0.25, 0.3) is 5.91 Å². The molecule has 148 valence electrons. The maximum Gasteiger partial charge on any atom is 0.279 e. The number of carbonyl (C=O) groups excluding carboxylic acids is 1. The van der Waals surface area contributed by atoms with Crippen LogP contribution in [-0.4, -0.2) is 29.1 Å². The fourth-order valence-electron chi connectivity index (χ4n) is 2.87. The number of nitrogens with zero attached hydrogens (tertiary/aromatic N) is 2. The van der Waals surface area contributed by atoms with Gasteiger partial charge in [-0.2, -0.15) is 16.8 Å². The first-order valence-electron chi connectivity index (χ1n) is 9.53. The molecule has 28 heavy (non-hydrogen) atoms. The van der Waals surface area contributed by atoms with Gasteiger partial charge in [0.05, 0.1) is 16.8 Å². The van der Waals surface area contributed by atoms with Crippen LogP contribution < -0.4 is 9.54 Å². The summed E-state index contributed by atoms with van der Waals surface area (Å²) in [4.78, 5) is 18.0. The van der Waals surface area contributed by atoms with E-state index >= 15 is 0 Å². The maximum absolute atomic E-state index is 12.8. The van der Waals surface area contributed by atoms with Gasteiger partial charge in [0, 0.05) is 17.9 Å². The highest BCUT2D eigenvalue weighted by atomic mass is 32.2. The molecule has 0 radical (unpaired) electrons. The molecule has 2 aromatic carbocycles. The Kier molecular flexibility index (Phi) is 7.34. The number of aromatic nitrogens is 1. The second kappa shape index (κ2) is 9.94. The van der Waals surface area contributed by atoms with Crippen molar-refractivity contribution in [3.8, 4) is 5.75 Å². The number of aryl methyl sites for hydroxylation is 2. The molecule has 0 bridgehead atoms. The van der Waals surface area contributed by atoms with Crippen LogP contribution >= 0.6 is 23.1 Å². The molecule has 3 rings (SSSR count). The van der Waals surface area contributed by atoms with Crippen molar-refractivity contribution in [1.82, 2.24) is 4.57 Å². The molecule has 0 spiro atoms. The van der Waals surface area contributed by atoms with E-state index in [9.17, 15) is 4.79 Å². The van der Waals surface area contributed by atoms with Gasteiger partial charge in [-0.05, 0) is 55.5 Å².